The molecule has 0 amide bonds. The predicted octanol–water partition coefficient (Wildman–Crippen LogP) is 4.71. The highest BCUT2D eigenvalue weighted by atomic mass is 16.3. The number of phenolic OH excluding ortho intramolecular Hbond substituents is 1. The number of aromatic hydroxyl groups is 1. The highest BCUT2D eigenvalue weighted by molar-refractivity contribution is 5.51. The van der Waals surface area contributed by atoms with Crippen molar-refractivity contribution in [3.8, 4) is 5.75 Å². The van der Waals surface area contributed by atoms with Gasteiger partial charge >= 0.3 is 0 Å². The molecule has 204 valence electrons. The molecule has 0 heterocycles. The Morgan fingerprint density at radius 3 is 2.00 bits per heavy atom. The van der Waals surface area contributed by atoms with Gasteiger partial charge in [-0.2, -0.15) is 0 Å². The second kappa shape index (κ2) is 13.1. The first kappa shape index (κ1) is 30.4. The fraction of sp³-hybridized carbons (Fsp3) is 0.667. The van der Waals surface area contributed by atoms with E-state index in [1.165, 1.54) is 0 Å². The SMILES string of the molecule is CC1C(Cc2cc(CCCO)cc(C(C)(C)CCO)c2O)=C(O)C(C(C)(C)CCO)=CC1CCCO. The topological polar surface area (TPSA) is 121 Å². The van der Waals surface area contributed by atoms with Crippen molar-refractivity contribution in [2.75, 3.05) is 26.4 Å². The highest BCUT2D eigenvalue weighted by Crippen LogP contribution is 2.46. The maximum absolute atomic E-state index is 11.5. The van der Waals surface area contributed by atoms with Crippen LogP contribution in [0.4, 0.5) is 0 Å². The molecule has 0 saturated heterocycles. The second-order valence-electron chi connectivity index (χ2n) is 11.6. The van der Waals surface area contributed by atoms with E-state index in [0.717, 1.165) is 34.3 Å². The molecule has 0 aliphatic heterocycles. The molecule has 1 aliphatic rings. The van der Waals surface area contributed by atoms with Gasteiger partial charge in [0.25, 0.3) is 0 Å². The van der Waals surface area contributed by atoms with E-state index < -0.39 is 10.8 Å². The Balaban J connectivity index is 2.63. The Labute approximate surface area is 217 Å². The smallest absolute Gasteiger partial charge is 0.122 e. The van der Waals surface area contributed by atoms with E-state index in [-0.39, 0.29) is 49.8 Å². The van der Waals surface area contributed by atoms with Gasteiger partial charge < -0.3 is 30.6 Å². The summed E-state index contributed by atoms with van der Waals surface area (Å²) in [6, 6.07) is 3.94. The van der Waals surface area contributed by atoms with Crippen LogP contribution in [0.15, 0.2) is 35.1 Å². The van der Waals surface area contributed by atoms with Crippen LogP contribution in [0.3, 0.4) is 0 Å². The van der Waals surface area contributed by atoms with Gasteiger partial charge in [0.15, 0.2) is 0 Å². The standard InChI is InChI=1S/C30H48O6/c1-20-22(9-7-13-32)19-26(30(4,5)11-15-34)28(36)24(20)18-23-16-21(8-6-12-31)17-25(27(23)35)29(2,3)10-14-33/h16-17,19-20,22,31-36H,6-15,18H2,1-5H3. The van der Waals surface area contributed by atoms with Gasteiger partial charge in [-0.05, 0) is 83.5 Å². The van der Waals surface area contributed by atoms with Gasteiger partial charge in [-0.3, -0.25) is 0 Å². The first-order valence-corrected chi connectivity index (χ1v) is 13.4. The first-order chi connectivity index (χ1) is 16.9. The van der Waals surface area contributed by atoms with E-state index in [4.69, 9.17) is 0 Å². The third-order valence-corrected chi connectivity index (χ3v) is 8.01. The number of allylic oxidation sites excluding steroid dienone is 3. The summed E-state index contributed by atoms with van der Waals surface area (Å²) in [5.41, 5.74) is 3.28. The van der Waals surface area contributed by atoms with Crippen LogP contribution in [0.25, 0.3) is 0 Å². The molecule has 0 bridgehead atoms. The summed E-state index contributed by atoms with van der Waals surface area (Å²) >= 11 is 0. The number of aliphatic hydroxyl groups is 5. The Bertz CT molecular complexity index is 928. The van der Waals surface area contributed by atoms with Gasteiger partial charge in [0.05, 0.1) is 0 Å². The minimum absolute atomic E-state index is 0.00620. The van der Waals surface area contributed by atoms with Crippen molar-refractivity contribution in [3.63, 3.8) is 0 Å². The highest BCUT2D eigenvalue weighted by Gasteiger charge is 2.36. The lowest BCUT2D eigenvalue weighted by atomic mass is 9.69. The first-order valence-electron chi connectivity index (χ1n) is 13.4. The summed E-state index contributed by atoms with van der Waals surface area (Å²) in [5.74, 6) is 0.560. The Kier molecular flexibility index (Phi) is 11.0. The molecule has 0 aromatic heterocycles. The number of rotatable bonds is 14. The molecule has 36 heavy (non-hydrogen) atoms. The van der Waals surface area contributed by atoms with Crippen LogP contribution in [-0.4, -0.2) is 57.1 Å². The zero-order valence-corrected chi connectivity index (χ0v) is 22.8. The monoisotopic (exact) mass is 504 g/mol. The Morgan fingerprint density at radius 1 is 0.806 bits per heavy atom. The van der Waals surface area contributed by atoms with Crippen molar-refractivity contribution in [2.24, 2.45) is 17.3 Å². The zero-order chi connectivity index (χ0) is 27.1. The fourth-order valence-corrected chi connectivity index (χ4v) is 5.41. The molecule has 1 aliphatic carbocycles. The van der Waals surface area contributed by atoms with Crippen molar-refractivity contribution in [2.45, 2.75) is 85.0 Å². The summed E-state index contributed by atoms with van der Waals surface area (Å²) in [4.78, 5) is 0. The quantitative estimate of drug-likeness (QED) is 0.218. The maximum atomic E-state index is 11.5. The van der Waals surface area contributed by atoms with Crippen molar-refractivity contribution < 1.29 is 30.6 Å². The molecule has 0 spiro atoms. The van der Waals surface area contributed by atoms with Crippen LogP contribution in [0.2, 0.25) is 0 Å². The molecular weight excluding hydrogens is 456 g/mol. The number of hydrogen-bond donors (Lipinski definition) is 6. The van der Waals surface area contributed by atoms with Gasteiger partial charge in [0, 0.05) is 38.4 Å². The van der Waals surface area contributed by atoms with Crippen LogP contribution in [0.5, 0.6) is 5.75 Å². The van der Waals surface area contributed by atoms with Crippen LogP contribution < -0.4 is 0 Å². The lowest BCUT2D eigenvalue weighted by Gasteiger charge is -2.37. The molecule has 1 aromatic rings. The molecule has 6 nitrogen and oxygen atoms in total. The van der Waals surface area contributed by atoms with Crippen molar-refractivity contribution in [3.05, 3.63) is 51.8 Å². The van der Waals surface area contributed by atoms with Crippen molar-refractivity contribution in [1.29, 1.82) is 0 Å². The molecule has 2 unspecified atom stereocenters. The maximum Gasteiger partial charge on any atom is 0.122 e. The molecule has 6 heteroatoms. The van der Waals surface area contributed by atoms with Gasteiger partial charge in [0.2, 0.25) is 0 Å². The van der Waals surface area contributed by atoms with Gasteiger partial charge in [0.1, 0.15) is 11.5 Å². The lowest BCUT2D eigenvalue weighted by Crippen LogP contribution is -2.28. The van der Waals surface area contributed by atoms with Gasteiger partial charge in [-0.25, -0.2) is 0 Å². The molecule has 0 fully saturated rings. The lowest BCUT2D eigenvalue weighted by molar-refractivity contribution is 0.222. The van der Waals surface area contributed by atoms with E-state index >= 15 is 0 Å². The minimum Gasteiger partial charge on any atom is -0.508 e. The molecule has 0 radical (unpaired) electrons. The average molecular weight is 505 g/mol. The summed E-state index contributed by atoms with van der Waals surface area (Å²) in [7, 11) is 0. The van der Waals surface area contributed by atoms with E-state index in [9.17, 15) is 30.6 Å². The minimum atomic E-state index is -0.449. The zero-order valence-electron chi connectivity index (χ0n) is 22.8. The second-order valence-corrected chi connectivity index (χ2v) is 11.6. The number of hydrogen-bond acceptors (Lipinski definition) is 6. The molecule has 0 saturated carbocycles. The number of phenols is 1. The molecule has 2 atom stereocenters. The molecule has 1 aromatic carbocycles. The average Bonchev–Trinajstić information content (AvgIpc) is 2.80. The number of aryl methyl sites for hydroxylation is 1. The van der Waals surface area contributed by atoms with E-state index in [0.29, 0.717) is 38.5 Å². The van der Waals surface area contributed by atoms with Gasteiger partial charge in [-0.1, -0.05) is 52.8 Å². The third-order valence-electron chi connectivity index (χ3n) is 8.01. The van der Waals surface area contributed by atoms with Crippen LogP contribution in [-0.2, 0) is 18.3 Å². The van der Waals surface area contributed by atoms with Crippen LogP contribution in [0.1, 0.15) is 83.4 Å². The summed E-state index contributed by atoms with van der Waals surface area (Å²) in [6.07, 6.45) is 6.22. The third kappa shape index (κ3) is 7.12. The fourth-order valence-electron chi connectivity index (χ4n) is 5.41. The van der Waals surface area contributed by atoms with E-state index in [1.807, 2.05) is 39.8 Å². The summed E-state index contributed by atoms with van der Waals surface area (Å²) < 4.78 is 0. The largest absolute Gasteiger partial charge is 0.508 e. The normalized spacial score (nSPS) is 19.1. The van der Waals surface area contributed by atoms with E-state index in [1.54, 1.807) is 0 Å². The summed E-state index contributed by atoms with van der Waals surface area (Å²) in [5, 5.41) is 61.0. The molecule has 6 N–H and O–H groups in total. The molecular formula is C30H48O6. The van der Waals surface area contributed by atoms with Crippen LogP contribution in [0, 0.1) is 17.3 Å². The molecule has 2 rings (SSSR count). The van der Waals surface area contributed by atoms with Crippen LogP contribution >= 0.6 is 0 Å². The Morgan fingerprint density at radius 2 is 1.42 bits per heavy atom. The summed E-state index contributed by atoms with van der Waals surface area (Å²) in [6.45, 7) is 10.3. The Hall–Kier alpha value is -1.86. The van der Waals surface area contributed by atoms with Crippen molar-refractivity contribution >= 4 is 0 Å². The van der Waals surface area contributed by atoms with E-state index in [2.05, 4.69) is 13.0 Å². The number of aliphatic hydroxyl groups excluding tert-OH is 5. The van der Waals surface area contributed by atoms with Gasteiger partial charge in [-0.15, -0.1) is 0 Å². The van der Waals surface area contributed by atoms with Crippen molar-refractivity contribution in [1.82, 2.24) is 0 Å². The number of benzene rings is 1. The predicted molar refractivity (Wildman–Crippen MR) is 144 cm³/mol.